The van der Waals surface area contributed by atoms with Gasteiger partial charge in [0.1, 0.15) is 5.60 Å². The highest BCUT2D eigenvalue weighted by Crippen LogP contribution is 2.15. The molecule has 1 rings (SSSR count). The van der Waals surface area contributed by atoms with Crippen molar-refractivity contribution in [2.45, 2.75) is 51.7 Å². The van der Waals surface area contributed by atoms with Crippen molar-refractivity contribution in [3.05, 3.63) is 0 Å². The molecule has 0 spiro atoms. The maximum atomic E-state index is 11.9. The van der Waals surface area contributed by atoms with Gasteiger partial charge in [0, 0.05) is 31.4 Å². The van der Waals surface area contributed by atoms with Crippen LogP contribution in [0.3, 0.4) is 0 Å². The molecule has 1 aliphatic rings. The summed E-state index contributed by atoms with van der Waals surface area (Å²) in [6.45, 7) is 6.71. The molecule has 0 radical (unpaired) electrons. The van der Waals surface area contributed by atoms with Crippen molar-refractivity contribution in [2.24, 2.45) is 0 Å². The van der Waals surface area contributed by atoms with Crippen LogP contribution < -0.4 is 5.32 Å². The van der Waals surface area contributed by atoms with Gasteiger partial charge < -0.3 is 15.0 Å². The van der Waals surface area contributed by atoms with Crippen LogP contribution in [0, 0.1) is 0 Å². The van der Waals surface area contributed by atoms with Crippen molar-refractivity contribution >= 4 is 23.6 Å². The van der Waals surface area contributed by atoms with Crippen LogP contribution in [0.5, 0.6) is 0 Å². The number of nitrogens with one attached hydrogen (secondary N) is 1. The first-order valence-electron chi connectivity index (χ1n) is 6.65. The van der Waals surface area contributed by atoms with Gasteiger partial charge in [-0.3, -0.25) is 4.79 Å². The molecule has 0 bridgehead atoms. The molecular weight excluding hydrogens is 268 g/mol. The minimum Gasteiger partial charge on any atom is -0.444 e. The summed E-state index contributed by atoms with van der Waals surface area (Å²) < 4.78 is 5.33. The zero-order valence-electron chi connectivity index (χ0n) is 11.9. The molecule has 0 unspecified atom stereocenters. The minimum absolute atomic E-state index is 0.00279. The Labute approximate surface area is 119 Å². The van der Waals surface area contributed by atoms with Crippen LogP contribution in [0.15, 0.2) is 0 Å². The number of ether oxygens (including phenoxy) is 1. The van der Waals surface area contributed by atoms with Crippen molar-refractivity contribution < 1.29 is 14.3 Å². The fourth-order valence-corrected chi connectivity index (χ4v) is 2.14. The molecule has 0 aromatic rings. The lowest BCUT2D eigenvalue weighted by molar-refractivity contribution is -0.121. The van der Waals surface area contributed by atoms with E-state index in [9.17, 15) is 9.59 Å². The second-order valence-electron chi connectivity index (χ2n) is 5.77. The minimum atomic E-state index is -0.494. The average molecular weight is 291 g/mol. The van der Waals surface area contributed by atoms with Gasteiger partial charge in [0.05, 0.1) is 0 Å². The highest BCUT2D eigenvalue weighted by Gasteiger charge is 2.28. The summed E-state index contributed by atoms with van der Waals surface area (Å²) in [5.41, 5.74) is -0.494. The van der Waals surface area contributed by atoms with E-state index in [1.165, 1.54) is 0 Å². The first kappa shape index (κ1) is 16.1. The first-order valence-corrected chi connectivity index (χ1v) is 7.18. The summed E-state index contributed by atoms with van der Waals surface area (Å²) in [5, 5.41) is 2.89. The van der Waals surface area contributed by atoms with Crippen LogP contribution in [-0.2, 0) is 9.53 Å². The van der Waals surface area contributed by atoms with Gasteiger partial charge in [-0.25, -0.2) is 4.79 Å². The highest BCUT2D eigenvalue weighted by molar-refractivity contribution is 6.18. The fraction of sp³-hybridized carbons (Fsp3) is 0.846. The highest BCUT2D eigenvalue weighted by atomic mass is 35.5. The zero-order valence-corrected chi connectivity index (χ0v) is 12.6. The number of carbonyl (C=O) groups excluding carboxylic acids is 2. The third-order valence-corrected chi connectivity index (χ3v) is 2.95. The number of halogens is 1. The molecule has 1 fully saturated rings. The lowest BCUT2D eigenvalue weighted by atomic mass is 10.1. The van der Waals surface area contributed by atoms with E-state index in [2.05, 4.69) is 5.32 Å². The molecule has 1 heterocycles. The molecule has 19 heavy (non-hydrogen) atoms. The van der Waals surface area contributed by atoms with Crippen LogP contribution in [0.25, 0.3) is 0 Å². The summed E-state index contributed by atoms with van der Waals surface area (Å²) in [6, 6.07) is -0.00279. The summed E-state index contributed by atoms with van der Waals surface area (Å²) in [6.07, 6.45) is 1.74. The molecular formula is C13H23ClN2O3. The number of amides is 2. The van der Waals surface area contributed by atoms with Crippen molar-refractivity contribution in [1.82, 2.24) is 10.2 Å². The number of rotatable bonds is 3. The summed E-state index contributed by atoms with van der Waals surface area (Å²) >= 11 is 5.52. The molecule has 5 nitrogen and oxygen atoms in total. The Morgan fingerprint density at radius 3 is 2.68 bits per heavy atom. The quantitative estimate of drug-likeness (QED) is 0.810. The van der Waals surface area contributed by atoms with Crippen LogP contribution >= 0.6 is 11.6 Å². The molecule has 2 amide bonds. The van der Waals surface area contributed by atoms with Gasteiger partial charge in [-0.1, -0.05) is 0 Å². The van der Waals surface area contributed by atoms with E-state index in [1.54, 1.807) is 4.90 Å². The molecule has 0 saturated carbocycles. The van der Waals surface area contributed by atoms with Gasteiger partial charge in [0.2, 0.25) is 5.91 Å². The van der Waals surface area contributed by atoms with E-state index in [1.807, 2.05) is 20.8 Å². The second kappa shape index (κ2) is 6.98. The molecule has 1 aliphatic heterocycles. The molecule has 1 saturated heterocycles. The number of likely N-dealkylation sites (tertiary alicyclic amines) is 1. The number of hydrogen-bond donors (Lipinski definition) is 1. The molecule has 0 aromatic heterocycles. The Kier molecular flexibility index (Phi) is 5.91. The topological polar surface area (TPSA) is 58.6 Å². The number of nitrogens with zero attached hydrogens (tertiary/aromatic N) is 1. The number of piperidine rings is 1. The Bertz CT molecular complexity index is 328. The number of carbonyl (C=O) groups is 2. The first-order chi connectivity index (χ1) is 8.81. The van der Waals surface area contributed by atoms with Gasteiger partial charge in [-0.05, 0) is 33.6 Å². The molecule has 110 valence electrons. The van der Waals surface area contributed by atoms with E-state index in [4.69, 9.17) is 16.3 Å². The average Bonchev–Trinajstić information content (AvgIpc) is 2.27. The van der Waals surface area contributed by atoms with E-state index in [0.29, 0.717) is 25.4 Å². The standard InChI is InChI=1S/C13H23ClN2O3/c1-13(2,3)19-12(18)16-8-4-5-10(9-16)15-11(17)6-7-14/h10H,4-9H2,1-3H3,(H,15,17)/t10-/m1/s1. The molecule has 6 heteroatoms. The molecule has 1 N–H and O–H groups in total. The predicted molar refractivity (Wildman–Crippen MR) is 74.3 cm³/mol. The fourth-order valence-electron chi connectivity index (χ4n) is 1.97. The lowest BCUT2D eigenvalue weighted by Crippen LogP contribution is -2.50. The zero-order chi connectivity index (χ0) is 14.5. The molecule has 0 aromatic carbocycles. The maximum Gasteiger partial charge on any atom is 0.410 e. The normalized spacial score (nSPS) is 20.0. The van der Waals surface area contributed by atoms with E-state index in [0.717, 1.165) is 12.8 Å². The third kappa shape index (κ3) is 6.14. The lowest BCUT2D eigenvalue weighted by Gasteiger charge is -2.34. The van der Waals surface area contributed by atoms with Crippen LogP contribution in [0.4, 0.5) is 4.79 Å². The van der Waals surface area contributed by atoms with Crippen LogP contribution in [0.1, 0.15) is 40.0 Å². The third-order valence-electron chi connectivity index (χ3n) is 2.76. The predicted octanol–water partition coefficient (Wildman–Crippen LogP) is 2.13. The van der Waals surface area contributed by atoms with Crippen molar-refractivity contribution in [3.63, 3.8) is 0 Å². The number of hydrogen-bond acceptors (Lipinski definition) is 3. The van der Waals surface area contributed by atoms with Crippen molar-refractivity contribution in [1.29, 1.82) is 0 Å². The second-order valence-corrected chi connectivity index (χ2v) is 6.15. The summed E-state index contributed by atoms with van der Waals surface area (Å²) in [4.78, 5) is 25.1. The smallest absolute Gasteiger partial charge is 0.410 e. The van der Waals surface area contributed by atoms with Gasteiger partial charge in [-0.15, -0.1) is 11.6 Å². The monoisotopic (exact) mass is 290 g/mol. The Hall–Kier alpha value is -0.970. The van der Waals surface area contributed by atoms with E-state index < -0.39 is 5.60 Å². The van der Waals surface area contributed by atoms with Gasteiger partial charge >= 0.3 is 6.09 Å². The Morgan fingerprint density at radius 2 is 2.11 bits per heavy atom. The molecule has 1 atom stereocenters. The van der Waals surface area contributed by atoms with E-state index in [-0.39, 0.29) is 18.0 Å². The van der Waals surface area contributed by atoms with Crippen LogP contribution in [-0.4, -0.2) is 47.5 Å². The molecule has 0 aliphatic carbocycles. The van der Waals surface area contributed by atoms with Gasteiger partial charge in [-0.2, -0.15) is 0 Å². The Morgan fingerprint density at radius 1 is 1.42 bits per heavy atom. The van der Waals surface area contributed by atoms with Gasteiger partial charge in [0.15, 0.2) is 0 Å². The number of alkyl halides is 1. The van der Waals surface area contributed by atoms with E-state index >= 15 is 0 Å². The SMILES string of the molecule is CC(C)(C)OC(=O)N1CCC[C@@H](NC(=O)CCCl)C1. The summed E-state index contributed by atoms with van der Waals surface area (Å²) in [5.74, 6) is 0.250. The van der Waals surface area contributed by atoms with Crippen molar-refractivity contribution in [2.75, 3.05) is 19.0 Å². The van der Waals surface area contributed by atoms with Crippen molar-refractivity contribution in [3.8, 4) is 0 Å². The summed E-state index contributed by atoms with van der Waals surface area (Å²) in [7, 11) is 0. The maximum absolute atomic E-state index is 11.9. The van der Waals surface area contributed by atoms with Crippen LogP contribution in [0.2, 0.25) is 0 Å². The van der Waals surface area contributed by atoms with Gasteiger partial charge in [0.25, 0.3) is 0 Å². The largest absolute Gasteiger partial charge is 0.444 e. The Balaban J connectivity index is 2.45.